The van der Waals surface area contributed by atoms with Crippen LogP contribution >= 0.6 is 0 Å². The van der Waals surface area contributed by atoms with E-state index in [1.165, 1.54) is 19.3 Å². The van der Waals surface area contributed by atoms with Crippen LogP contribution in [0, 0.1) is 0 Å². The molecule has 0 radical (unpaired) electrons. The van der Waals surface area contributed by atoms with Crippen molar-refractivity contribution in [1.82, 2.24) is 0 Å². The number of aliphatic hydroxyl groups excluding tert-OH is 3. The van der Waals surface area contributed by atoms with E-state index >= 15 is 0 Å². The Balaban J connectivity index is 2.02. The molecule has 1 aliphatic rings. The maximum atomic E-state index is 11.7. The number of hydrogen-bond donors (Lipinski definition) is 3. The molecule has 0 aromatic rings. The van der Waals surface area contributed by atoms with Gasteiger partial charge in [0, 0.05) is 6.42 Å². The van der Waals surface area contributed by atoms with Gasteiger partial charge >= 0.3 is 11.9 Å². The first-order chi connectivity index (χ1) is 15.0. The number of ether oxygens (including phenoxy) is 2. The van der Waals surface area contributed by atoms with Crippen LogP contribution in [0.3, 0.4) is 0 Å². The average molecular weight is 437 g/mol. The molecule has 1 heterocycles. The Bertz CT molecular complexity index is 661. The first-order valence-corrected chi connectivity index (χ1v) is 11.1. The Kier molecular flexibility index (Phi) is 13.8. The third-order valence-corrected chi connectivity index (χ3v) is 4.72. The summed E-state index contributed by atoms with van der Waals surface area (Å²) >= 11 is 0. The number of carbonyl (C=O) groups is 2. The predicted molar refractivity (Wildman–Crippen MR) is 118 cm³/mol. The standard InChI is InChI=1S/C24H36O7/c1-2-3-4-5-6-7-8-9-10-11-12-13-14-15-16-17-20(26)30-18-19(25)23-21(27)22(28)24(29)31-23/h6-7,9-10,12-13,19,23,25,27-28H,2-5,8,11,14-18H2,1H3/b7-6-,10-9-,13-12-/t19?,23-/m0/s1. The van der Waals surface area contributed by atoms with Crippen LogP contribution in [0.5, 0.6) is 0 Å². The van der Waals surface area contributed by atoms with E-state index in [2.05, 4.69) is 48.1 Å². The highest BCUT2D eigenvalue weighted by molar-refractivity contribution is 5.89. The van der Waals surface area contributed by atoms with Crippen molar-refractivity contribution in [3.05, 3.63) is 48.0 Å². The van der Waals surface area contributed by atoms with Crippen LogP contribution in [0.15, 0.2) is 48.0 Å². The zero-order valence-electron chi connectivity index (χ0n) is 18.4. The number of aliphatic hydroxyl groups is 3. The highest BCUT2D eigenvalue weighted by atomic mass is 16.6. The van der Waals surface area contributed by atoms with Crippen LogP contribution in [0.4, 0.5) is 0 Å². The van der Waals surface area contributed by atoms with Crippen molar-refractivity contribution in [3.63, 3.8) is 0 Å². The Morgan fingerprint density at radius 1 is 1.00 bits per heavy atom. The number of allylic oxidation sites excluding steroid dienone is 6. The van der Waals surface area contributed by atoms with Crippen molar-refractivity contribution in [1.29, 1.82) is 0 Å². The minimum absolute atomic E-state index is 0.211. The van der Waals surface area contributed by atoms with Crippen LogP contribution in [0.25, 0.3) is 0 Å². The minimum atomic E-state index is -1.44. The van der Waals surface area contributed by atoms with Gasteiger partial charge in [0.15, 0.2) is 11.9 Å². The first kappa shape index (κ1) is 26.5. The number of hydrogen-bond acceptors (Lipinski definition) is 7. The van der Waals surface area contributed by atoms with Crippen molar-refractivity contribution in [2.75, 3.05) is 6.61 Å². The number of unbranched alkanes of at least 4 members (excludes halogenated alkanes) is 5. The quantitative estimate of drug-likeness (QED) is 0.182. The second kappa shape index (κ2) is 16.2. The van der Waals surface area contributed by atoms with Gasteiger partial charge in [0.25, 0.3) is 0 Å². The van der Waals surface area contributed by atoms with Gasteiger partial charge in [0.05, 0.1) is 0 Å². The molecule has 0 bridgehead atoms. The normalized spacial score (nSPS) is 17.9. The summed E-state index contributed by atoms with van der Waals surface area (Å²) in [5.74, 6) is -3.29. The van der Waals surface area contributed by atoms with Gasteiger partial charge in [-0.15, -0.1) is 0 Å². The fourth-order valence-corrected chi connectivity index (χ4v) is 2.89. The molecular weight excluding hydrogens is 400 g/mol. The molecule has 0 saturated heterocycles. The summed E-state index contributed by atoms with van der Waals surface area (Å²) < 4.78 is 9.53. The summed E-state index contributed by atoms with van der Waals surface area (Å²) in [4.78, 5) is 22.8. The molecule has 0 aromatic carbocycles. The Hall–Kier alpha value is -2.54. The van der Waals surface area contributed by atoms with E-state index < -0.39 is 42.3 Å². The van der Waals surface area contributed by atoms with Crippen LogP contribution < -0.4 is 0 Å². The van der Waals surface area contributed by atoms with E-state index in [1.54, 1.807) is 0 Å². The molecule has 0 aliphatic carbocycles. The molecule has 3 N–H and O–H groups in total. The Morgan fingerprint density at radius 3 is 2.13 bits per heavy atom. The number of carbonyl (C=O) groups excluding carboxylic acids is 2. The molecule has 2 atom stereocenters. The lowest BCUT2D eigenvalue weighted by atomic mass is 10.1. The lowest BCUT2D eigenvalue weighted by molar-refractivity contribution is -0.154. The second-order valence-corrected chi connectivity index (χ2v) is 7.44. The predicted octanol–water partition coefficient (Wildman–Crippen LogP) is 4.73. The molecule has 1 aliphatic heterocycles. The highest BCUT2D eigenvalue weighted by Gasteiger charge is 2.39. The summed E-state index contributed by atoms with van der Waals surface area (Å²) in [6, 6.07) is 0. The molecule has 7 heteroatoms. The number of cyclic esters (lactones) is 1. The molecule has 31 heavy (non-hydrogen) atoms. The summed E-state index contributed by atoms with van der Waals surface area (Å²) in [5.41, 5.74) is 0. The van der Waals surface area contributed by atoms with Gasteiger partial charge in [0.1, 0.15) is 12.7 Å². The zero-order valence-corrected chi connectivity index (χ0v) is 18.4. The third-order valence-electron chi connectivity index (χ3n) is 4.72. The molecule has 0 spiro atoms. The first-order valence-electron chi connectivity index (χ1n) is 11.1. The van der Waals surface area contributed by atoms with Crippen LogP contribution in [0.1, 0.15) is 71.1 Å². The summed E-state index contributed by atoms with van der Waals surface area (Å²) in [6.45, 7) is 1.77. The van der Waals surface area contributed by atoms with Crippen molar-refractivity contribution in [2.24, 2.45) is 0 Å². The van der Waals surface area contributed by atoms with E-state index in [-0.39, 0.29) is 6.42 Å². The van der Waals surface area contributed by atoms with Gasteiger partial charge in [-0.3, -0.25) is 4.79 Å². The van der Waals surface area contributed by atoms with Crippen LogP contribution in [-0.2, 0) is 19.1 Å². The fraction of sp³-hybridized carbons (Fsp3) is 0.583. The molecule has 174 valence electrons. The van der Waals surface area contributed by atoms with Crippen molar-refractivity contribution in [3.8, 4) is 0 Å². The maximum absolute atomic E-state index is 11.7. The maximum Gasteiger partial charge on any atom is 0.377 e. The summed E-state index contributed by atoms with van der Waals surface area (Å²) in [6.07, 6.45) is 19.5. The van der Waals surface area contributed by atoms with Gasteiger partial charge in [0.2, 0.25) is 5.76 Å². The SMILES string of the molecule is CCCCC/C=C\C/C=C\C/C=C\CCCCC(=O)OCC(O)[C@@H]1OC(=O)C(O)=C1O. The third kappa shape index (κ3) is 11.4. The van der Waals surface area contributed by atoms with Gasteiger partial charge in [-0.25, -0.2) is 4.79 Å². The van der Waals surface area contributed by atoms with Crippen LogP contribution in [0.2, 0.25) is 0 Å². The fourth-order valence-electron chi connectivity index (χ4n) is 2.89. The second-order valence-electron chi connectivity index (χ2n) is 7.44. The molecule has 1 unspecified atom stereocenters. The monoisotopic (exact) mass is 436 g/mol. The van der Waals surface area contributed by atoms with E-state index in [0.29, 0.717) is 6.42 Å². The number of rotatable bonds is 16. The Labute approximate surface area is 184 Å². The number of esters is 2. The Morgan fingerprint density at radius 2 is 1.58 bits per heavy atom. The molecule has 7 nitrogen and oxygen atoms in total. The smallest absolute Gasteiger partial charge is 0.377 e. The molecule has 0 fully saturated rings. The van der Waals surface area contributed by atoms with E-state index in [9.17, 15) is 24.9 Å². The van der Waals surface area contributed by atoms with Gasteiger partial charge in [-0.05, 0) is 44.9 Å². The summed E-state index contributed by atoms with van der Waals surface area (Å²) in [7, 11) is 0. The van der Waals surface area contributed by atoms with Crippen LogP contribution in [-0.4, -0.2) is 46.1 Å². The lowest BCUT2D eigenvalue weighted by Gasteiger charge is -2.17. The van der Waals surface area contributed by atoms with E-state index in [1.807, 2.05) is 0 Å². The molecular formula is C24H36O7. The van der Waals surface area contributed by atoms with E-state index in [0.717, 1.165) is 32.1 Å². The molecule has 0 saturated carbocycles. The van der Waals surface area contributed by atoms with Gasteiger partial charge in [-0.2, -0.15) is 0 Å². The van der Waals surface area contributed by atoms with Gasteiger partial charge in [-0.1, -0.05) is 56.2 Å². The van der Waals surface area contributed by atoms with E-state index in [4.69, 9.17) is 4.74 Å². The largest absolute Gasteiger partial charge is 0.505 e. The average Bonchev–Trinajstić information content (AvgIpc) is 3.02. The topological polar surface area (TPSA) is 113 Å². The summed E-state index contributed by atoms with van der Waals surface area (Å²) in [5, 5.41) is 28.5. The molecule has 0 aromatic heterocycles. The van der Waals surface area contributed by atoms with Gasteiger partial charge < -0.3 is 24.8 Å². The lowest BCUT2D eigenvalue weighted by Crippen LogP contribution is -2.33. The van der Waals surface area contributed by atoms with Crippen molar-refractivity contribution >= 4 is 11.9 Å². The van der Waals surface area contributed by atoms with Crippen molar-refractivity contribution < 1.29 is 34.4 Å². The molecule has 1 rings (SSSR count). The molecule has 0 amide bonds. The zero-order chi connectivity index (χ0) is 22.9. The minimum Gasteiger partial charge on any atom is -0.505 e. The highest BCUT2D eigenvalue weighted by Crippen LogP contribution is 2.21. The van der Waals surface area contributed by atoms with Crippen molar-refractivity contribution in [2.45, 2.75) is 83.3 Å².